The van der Waals surface area contributed by atoms with Gasteiger partial charge in [-0.25, -0.2) is 9.79 Å². The van der Waals surface area contributed by atoms with Crippen molar-refractivity contribution in [1.82, 2.24) is 4.57 Å². The lowest BCUT2D eigenvalue weighted by molar-refractivity contribution is -0.139. The van der Waals surface area contributed by atoms with E-state index in [2.05, 4.69) is 20.9 Å². The van der Waals surface area contributed by atoms with Gasteiger partial charge in [-0.05, 0) is 71.7 Å². The highest BCUT2D eigenvalue weighted by atomic mass is 79.9. The van der Waals surface area contributed by atoms with E-state index < -0.39 is 12.0 Å². The molecule has 1 aliphatic rings. The van der Waals surface area contributed by atoms with E-state index in [0.717, 1.165) is 10.0 Å². The van der Waals surface area contributed by atoms with E-state index in [0.29, 0.717) is 37.8 Å². The number of carbonyl (C=O) groups excluding carboxylic acids is 1. The standard InChI is InChI=1S/C26H25BrN2O6S/c1-6-35-25(31)22-14(2)28-26-29(23(22)17-13-16(32-3)8-10-19(17)33-4)24(30)21(36-26)12-15-7-9-20(34-5)18(27)11-15/h7-13,23H,6H2,1-5H3/b21-12-/t23-/m1/s1. The Morgan fingerprint density at radius 1 is 1.11 bits per heavy atom. The van der Waals surface area contributed by atoms with Crippen molar-refractivity contribution >= 4 is 39.3 Å². The summed E-state index contributed by atoms with van der Waals surface area (Å²) in [4.78, 5) is 32.0. The number of halogens is 1. The largest absolute Gasteiger partial charge is 0.497 e. The van der Waals surface area contributed by atoms with Crippen LogP contribution in [-0.4, -0.2) is 38.5 Å². The Morgan fingerprint density at radius 3 is 2.47 bits per heavy atom. The van der Waals surface area contributed by atoms with Crippen molar-refractivity contribution in [1.29, 1.82) is 0 Å². The van der Waals surface area contributed by atoms with Crippen molar-refractivity contribution in [3.8, 4) is 17.2 Å². The van der Waals surface area contributed by atoms with Gasteiger partial charge < -0.3 is 18.9 Å². The molecule has 0 fully saturated rings. The summed E-state index contributed by atoms with van der Waals surface area (Å²) in [5, 5.41) is 0. The monoisotopic (exact) mass is 572 g/mol. The lowest BCUT2D eigenvalue weighted by atomic mass is 9.94. The molecule has 2 heterocycles. The summed E-state index contributed by atoms with van der Waals surface area (Å²) >= 11 is 4.73. The highest BCUT2D eigenvalue weighted by Gasteiger charge is 2.35. The molecule has 36 heavy (non-hydrogen) atoms. The van der Waals surface area contributed by atoms with Crippen LogP contribution in [0.5, 0.6) is 17.2 Å². The highest BCUT2D eigenvalue weighted by molar-refractivity contribution is 9.10. The van der Waals surface area contributed by atoms with E-state index >= 15 is 0 Å². The molecule has 188 valence electrons. The average Bonchev–Trinajstić information content (AvgIpc) is 3.17. The molecule has 0 saturated carbocycles. The summed E-state index contributed by atoms with van der Waals surface area (Å²) in [7, 11) is 4.68. The number of thiazole rings is 1. The highest BCUT2D eigenvalue weighted by Crippen LogP contribution is 2.37. The first-order valence-electron chi connectivity index (χ1n) is 11.1. The number of hydrogen-bond donors (Lipinski definition) is 0. The Balaban J connectivity index is 1.99. The predicted molar refractivity (Wildman–Crippen MR) is 141 cm³/mol. The van der Waals surface area contributed by atoms with Crippen molar-refractivity contribution < 1.29 is 23.7 Å². The van der Waals surface area contributed by atoms with E-state index in [1.54, 1.807) is 52.3 Å². The fourth-order valence-corrected chi connectivity index (χ4v) is 5.67. The third kappa shape index (κ3) is 4.70. The molecule has 0 aliphatic carbocycles. The molecule has 0 bridgehead atoms. The van der Waals surface area contributed by atoms with E-state index in [1.807, 2.05) is 18.2 Å². The smallest absolute Gasteiger partial charge is 0.338 e. The Hall–Kier alpha value is -3.37. The second-order valence-electron chi connectivity index (χ2n) is 7.80. The minimum Gasteiger partial charge on any atom is -0.497 e. The van der Waals surface area contributed by atoms with Gasteiger partial charge in [0.1, 0.15) is 23.3 Å². The van der Waals surface area contributed by atoms with Gasteiger partial charge in [-0.2, -0.15) is 0 Å². The lowest BCUT2D eigenvalue weighted by Gasteiger charge is -2.26. The lowest BCUT2D eigenvalue weighted by Crippen LogP contribution is -2.40. The number of methoxy groups -OCH3 is 3. The third-order valence-electron chi connectivity index (χ3n) is 5.72. The zero-order chi connectivity index (χ0) is 26.0. The molecule has 0 radical (unpaired) electrons. The number of hydrogen-bond acceptors (Lipinski definition) is 8. The molecule has 1 aliphatic heterocycles. The first-order chi connectivity index (χ1) is 17.3. The van der Waals surface area contributed by atoms with Crippen LogP contribution in [-0.2, 0) is 9.53 Å². The van der Waals surface area contributed by atoms with E-state index in [4.69, 9.17) is 18.9 Å². The maximum atomic E-state index is 13.8. The van der Waals surface area contributed by atoms with E-state index in [-0.39, 0.29) is 17.7 Å². The normalized spacial score (nSPS) is 15.3. The van der Waals surface area contributed by atoms with Gasteiger partial charge in [0.25, 0.3) is 5.56 Å². The van der Waals surface area contributed by atoms with Gasteiger partial charge >= 0.3 is 5.97 Å². The molecule has 2 aromatic carbocycles. The maximum Gasteiger partial charge on any atom is 0.338 e. The molecule has 10 heteroatoms. The van der Waals surface area contributed by atoms with Crippen LogP contribution < -0.4 is 29.1 Å². The summed E-state index contributed by atoms with van der Waals surface area (Å²) in [5.74, 6) is 1.22. The van der Waals surface area contributed by atoms with Gasteiger partial charge in [-0.15, -0.1) is 0 Å². The fraction of sp³-hybridized carbons (Fsp3) is 0.269. The zero-order valence-electron chi connectivity index (χ0n) is 20.5. The number of fused-ring (bicyclic) bond motifs is 1. The van der Waals surface area contributed by atoms with Gasteiger partial charge in [-0.3, -0.25) is 9.36 Å². The Labute approximate surface area is 220 Å². The second-order valence-corrected chi connectivity index (χ2v) is 9.67. The quantitative estimate of drug-likeness (QED) is 0.402. The maximum absolute atomic E-state index is 13.8. The van der Waals surface area contributed by atoms with Crippen LogP contribution in [0.2, 0.25) is 0 Å². The average molecular weight is 573 g/mol. The Kier molecular flexibility index (Phi) is 7.65. The van der Waals surface area contributed by atoms with Crippen LogP contribution in [0.1, 0.15) is 31.0 Å². The number of ether oxygens (including phenoxy) is 4. The summed E-state index contributed by atoms with van der Waals surface area (Å²) in [5.41, 5.74) is 1.87. The topological polar surface area (TPSA) is 88.4 Å². The number of benzene rings is 2. The molecule has 0 unspecified atom stereocenters. The summed E-state index contributed by atoms with van der Waals surface area (Å²) in [6.07, 6.45) is 1.79. The fourth-order valence-electron chi connectivity index (χ4n) is 4.06. The van der Waals surface area contributed by atoms with E-state index in [1.165, 1.54) is 23.0 Å². The summed E-state index contributed by atoms with van der Waals surface area (Å²) in [6.45, 7) is 3.66. The van der Waals surface area contributed by atoms with Crippen molar-refractivity contribution in [2.24, 2.45) is 4.99 Å². The number of rotatable bonds is 7. The molecule has 3 aromatic rings. The van der Waals surface area contributed by atoms with Gasteiger partial charge in [0.05, 0.1) is 48.2 Å². The molecule has 4 rings (SSSR count). The van der Waals surface area contributed by atoms with Gasteiger partial charge in [0, 0.05) is 5.56 Å². The number of carbonyl (C=O) groups is 1. The summed E-state index contributed by atoms with van der Waals surface area (Å²) in [6, 6.07) is 10.0. The third-order valence-corrected chi connectivity index (χ3v) is 7.32. The van der Waals surface area contributed by atoms with Crippen LogP contribution in [0.15, 0.2) is 61.9 Å². The van der Waals surface area contributed by atoms with Crippen molar-refractivity contribution in [2.75, 3.05) is 27.9 Å². The first kappa shape index (κ1) is 25.7. The molecule has 0 spiro atoms. The molecular formula is C26H25BrN2O6S. The number of allylic oxidation sites excluding steroid dienone is 1. The number of nitrogens with zero attached hydrogens (tertiary/aromatic N) is 2. The van der Waals surface area contributed by atoms with Gasteiger partial charge in [-0.1, -0.05) is 17.4 Å². The van der Waals surface area contributed by atoms with Gasteiger partial charge in [0.15, 0.2) is 4.80 Å². The zero-order valence-corrected chi connectivity index (χ0v) is 22.9. The molecule has 8 nitrogen and oxygen atoms in total. The van der Waals surface area contributed by atoms with Crippen molar-refractivity contribution in [2.45, 2.75) is 19.9 Å². The molecule has 0 N–H and O–H groups in total. The molecule has 0 saturated heterocycles. The van der Waals surface area contributed by atoms with Crippen molar-refractivity contribution in [3.63, 3.8) is 0 Å². The number of esters is 1. The van der Waals surface area contributed by atoms with Gasteiger partial charge in [0.2, 0.25) is 0 Å². The van der Waals surface area contributed by atoms with Crippen molar-refractivity contribution in [3.05, 3.63) is 83.0 Å². The Morgan fingerprint density at radius 2 is 1.83 bits per heavy atom. The molecule has 0 amide bonds. The molecule has 1 aromatic heterocycles. The minimum absolute atomic E-state index is 0.189. The molecule has 1 atom stereocenters. The minimum atomic E-state index is -0.810. The molecular weight excluding hydrogens is 548 g/mol. The van der Waals surface area contributed by atoms with Crippen LogP contribution in [0.25, 0.3) is 6.08 Å². The number of aromatic nitrogens is 1. The summed E-state index contributed by atoms with van der Waals surface area (Å²) < 4.78 is 24.5. The Bertz CT molecular complexity index is 1540. The van der Waals surface area contributed by atoms with Crippen LogP contribution in [0, 0.1) is 0 Å². The van der Waals surface area contributed by atoms with Crippen LogP contribution in [0.3, 0.4) is 0 Å². The first-order valence-corrected chi connectivity index (χ1v) is 12.7. The van der Waals surface area contributed by atoms with Crippen LogP contribution >= 0.6 is 27.3 Å². The SMILES string of the molecule is CCOC(=O)C1=C(C)N=c2s/c(=C\c3ccc(OC)c(Br)c3)c(=O)n2[C@@H]1c1cc(OC)ccc1OC. The van der Waals surface area contributed by atoms with Crippen LogP contribution in [0.4, 0.5) is 0 Å². The predicted octanol–water partition coefficient (Wildman–Crippen LogP) is 3.59. The van der Waals surface area contributed by atoms with E-state index in [9.17, 15) is 9.59 Å². The second kappa shape index (κ2) is 10.7.